The molecular weight excluding hydrogens is 310 g/mol. The Kier molecular flexibility index (Phi) is 6.48. The first-order valence-electron chi connectivity index (χ1n) is 8.52. The molecule has 5 heteroatoms. The number of hydrogen-bond donors (Lipinski definition) is 0. The van der Waals surface area contributed by atoms with Gasteiger partial charge in [-0.25, -0.2) is 0 Å². The fourth-order valence-electron chi connectivity index (χ4n) is 2.84. The normalized spacial score (nSPS) is 15.0. The molecule has 130 valence electrons. The fraction of sp³-hybridized carbons (Fsp3) is 0.400. The van der Waals surface area contributed by atoms with Crippen LogP contribution in [0.2, 0.25) is 0 Å². The molecule has 0 aromatic heterocycles. The van der Waals surface area contributed by atoms with Crippen LogP contribution >= 0.6 is 0 Å². The molecule has 0 atom stereocenters. The van der Waals surface area contributed by atoms with Crippen LogP contribution < -0.4 is 4.90 Å². The summed E-state index contributed by atoms with van der Waals surface area (Å²) in [5, 5.41) is 18.7. The van der Waals surface area contributed by atoms with E-state index in [4.69, 9.17) is 0 Å². The van der Waals surface area contributed by atoms with E-state index in [-0.39, 0.29) is 5.57 Å². The van der Waals surface area contributed by atoms with E-state index < -0.39 is 0 Å². The molecule has 0 radical (unpaired) electrons. The molecule has 0 amide bonds. The molecule has 25 heavy (non-hydrogen) atoms. The molecule has 1 aliphatic rings. The first-order valence-corrected chi connectivity index (χ1v) is 8.52. The minimum atomic E-state index is 0.175. The van der Waals surface area contributed by atoms with E-state index in [2.05, 4.69) is 46.2 Å². The second kappa shape index (κ2) is 8.80. The van der Waals surface area contributed by atoms with Crippen LogP contribution in [0.4, 0.5) is 5.69 Å². The molecule has 1 aromatic carbocycles. The molecule has 1 fully saturated rings. The van der Waals surface area contributed by atoms with Crippen molar-refractivity contribution < 1.29 is 0 Å². The summed E-state index contributed by atoms with van der Waals surface area (Å²) < 4.78 is 0. The summed E-state index contributed by atoms with van der Waals surface area (Å²) in [7, 11) is 3.92. The minimum Gasteiger partial charge on any atom is -0.381 e. The van der Waals surface area contributed by atoms with Crippen molar-refractivity contribution in [2.24, 2.45) is 0 Å². The highest BCUT2D eigenvalue weighted by Gasteiger charge is 2.19. The Morgan fingerprint density at radius 1 is 1.04 bits per heavy atom. The lowest BCUT2D eigenvalue weighted by Gasteiger charge is -2.26. The molecule has 1 saturated heterocycles. The number of nitriles is 2. The van der Waals surface area contributed by atoms with Crippen molar-refractivity contribution in [1.82, 2.24) is 9.80 Å². The lowest BCUT2D eigenvalue weighted by atomic mass is 10.1. The quantitative estimate of drug-likeness (QED) is 0.625. The second-order valence-corrected chi connectivity index (χ2v) is 6.33. The van der Waals surface area contributed by atoms with Gasteiger partial charge in [0, 0.05) is 51.7 Å². The van der Waals surface area contributed by atoms with Crippen molar-refractivity contribution >= 4 is 5.69 Å². The maximum Gasteiger partial charge on any atom is 0.152 e. The number of para-hydroxylation sites is 1. The van der Waals surface area contributed by atoms with Gasteiger partial charge in [0.15, 0.2) is 5.57 Å². The lowest BCUT2D eigenvalue weighted by Crippen LogP contribution is -2.30. The SMILES string of the molecule is C/C(=C\C(=C(C#N)C#N)N1CCCN(c2ccccc2)CC1)N(C)C. The van der Waals surface area contributed by atoms with Crippen molar-refractivity contribution in [3.8, 4) is 12.1 Å². The summed E-state index contributed by atoms with van der Waals surface area (Å²) >= 11 is 0. The van der Waals surface area contributed by atoms with Crippen molar-refractivity contribution in [2.75, 3.05) is 45.2 Å². The molecule has 0 bridgehead atoms. The van der Waals surface area contributed by atoms with Gasteiger partial charge in [-0.2, -0.15) is 10.5 Å². The molecule has 0 N–H and O–H groups in total. The molecule has 5 nitrogen and oxygen atoms in total. The van der Waals surface area contributed by atoms with Crippen LogP contribution in [0.3, 0.4) is 0 Å². The maximum absolute atomic E-state index is 9.37. The van der Waals surface area contributed by atoms with Gasteiger partial charge in [-0.1, -0.05) is 18.2 Å². The molecule has 1 aliphatic heterocycles. The average Bonchev–Trinajstić information content (AvgIpc) is 2.88. The monoisotopic (exact) mass is 335 g/mol. The smallest absolute Gasteiger partial charge is 0.152 e. The highest BCUT2D eigenvalue weighted by atomic mass is 15.2. The summed E-state index contributed by atoms with van der Waals surface area (Å²) in [5.41, 5.74) is 3.14. The third-order valence-corrected chi connectivity index (χ3v) is 4.49. The second-order valence-electron chi connectivity index (χ2n) is 6.33. The Balaban J connectivity index is 2.25. The van der Waals surface area contributed by atoms with Gasteiger partial charge >= 0.3 is 0 Å². The Bertz CT molecular complexity index is 703. The van der Waals surface area contributed by atoms with Crippen LogP contribution in [-0.2, 0) is 0 Å². The standard InChI is InChI=1S/C20H25N5/c1-17(23(2)3)14-20(18(15-21)16-22)25-11-7-10-24(12-13-25)19-8-5-4-6-9-19/h4-6,8-9,14H,7,10-13H2,1-3H3/b17-14+. The molecular formula is C20H25N5. The number of nitrogens with zero attached hydrogens (tertiary/aromatic N) is 5. The zero-order valence-electron chi connectivity index (χ0n) is 15.2. The van der Waals surface area contributed by atoms with Crippen LogP contribution in [0.25, 0.3) is 0 Å². The van der Waals surface area contributed by atoms with E-state index in [1.807, 2.05) is 38.1 Å². The van der Waals surface area contributed by atoms with Crippen LogP contribution in [0.15, 0.2) is 53.4 Å². The zero-order valence-corrected chi connectivity index (χ0v) is 15.2. The van der Waals surface area contributed by atoms with Gasteiger partial charge in [-0.3, -0.25) is 0 Å². The molecule has 0 spiro atoms. The van der Waals surface area contributed by atoms with Crippen LogP contribution in [0.5, 0.6) is 0 Å². The fourth-order valence-corrected chi connectivity index (χ4v) is 2.84. The third kappa shape index (κ3) is 4.78. The number of hydrogen-bond acceptors (Lipinski definition) is 5. The zero-order chi connectivity index (χ0) is 18.2. The summed E-state index contributed by atoms with van der Waals surface area (Å²) in [5.74, 6) is 0. The molecule has 0 unspecified atom stereocenters. The summed E-state index contributed by atoms with van der Waals surface area (Å²) in [4.78, 5) is 6.51. The number of anilines is 1. The Morgan fingerprint density at radius 2 is 1.72 bits per heavy atom. The highest BCUT2D eigenvalue weighted by Crippen LogP contribution is 2.20. The summed E-state index contributed by atoms with van der Waals surface area (Å²) in [6.07, 6.45) is 2.93. The van der Waals surface area contributed by atoms with Gasteiger partial charge in [-0.15, -0.1) is 0 Å². The van der Waals surface area contributed by atoms with Gasteiger partial charge < -0.3 is 14.7 Å². The molecule has 2 rings (SSSR count). The summed E-state index contributed by atoms with van der Waals surface area (Å²) in [6.45, 7) is 5.45. The van der Waals surface area contributed by atoms with Crippen molar-refractivity contribution in [3.05, 3.63) is 53.4 Å². The predicted octanol–water partition coefficient (Wildman–Crippen LogP) is 2.97. The first-order chi connectivity index (χ1) is 12.1. The van der Waals surface area contributed by atoms with E-state index in [9.17, 15) is 10.5 Å². The average molecular weight is 335 g/mol. The predicted molar refractivity (Wildman–Crippen MR) is 101 cm³/mol. The van der Waals surface area contributed by atoms with Crippen molar-refractivity contribution in [3.63, 3.8) is 0 Å². The Morgan fingerprint density at radius 3 is 2.32 bits per heavy atom. The largest absolute Gasteiger partial charge is 0.381 e. The number of benzene rings is 1. The van der Waals surface area contributed by atoms with Gasteiger partial charge in [-0.05, 0) is 31.6 Å². The molecule has 0 aliphatic carbocycles. The lowest BCUT2D eigenvalue weighted by molar-refractivity contribution is 0.376. The highest BCUT2D eigenvalue weighted by molar-refractivity contribution is 5.47. The summed E-state index contributed by atoms with van der Waals surface area (Å²) in [6, 6.07) is 14.5. The van der Waals surface area contributed by atoms with E-state index in [1.165, 1.54) is 5.69 Å². The van der Waals surface area contributed by atoms with Crippen molar-refractivity contribution in [1.29, 1.82) is 10.5 Å². The van der Waals surface area contributed by atoms with E-state index in [0.717, 1.165) is 44.0 Å². The third-order valence-electron chi connectivity index (χ3n) is 4.49. The topological polar surface area (TPSA) is 57.3 Å². The van der Waals surface area contributed by atoms with Gasteiger partial charge in [0.1, 0.15) is 12.1 Å². The molecule has 0 saturated carbocycles. The van der Waals surface area contributed by atoms with Crippen LogP contribution in [0.1, 0.15) is 13.3 Å². The Labute approximate surface area is 150 Å². The maximum atomic E-state index is 9.37. The molecule has 1 heterocycles. The van der Waals surface area contributed by atoms with Crippen LogP contribution in [0, 0.1) is 22.7 Å². The van der Waals surface area contributed by atoms with Gasteiger partial charge in [0.25, 0.3) is 0 Å². The van der Waals surface area contributed by atoms with Crippen LogP contribution in [-0.4, -0.2) is 50.1 Å². The van der Waals surface area contributed by atoms with E-state index in [0.29, 0.717) is 0 Å². The first kappa shape index (κ1) is 18.4. The number of rotatable bonds is 4. The van der Waals surface area contributed by atoms with Gasteiger partial charge in [0.2, 0.25) is 0 Å². The number of allylic oxidation sites excluding steroid dienone is 3. The van der Waals surface area contributed by atoms with Crippen molar-refractivity contribution in [2.45, 2.75) is 13.3 Å². The van der Waals surface area contributed by atoms with Gasteiger partial charge in [0.05, 0.1) is 5.70 Å². The minimum absolute atomic E-state index is 0.175. The Hall–Kier alpha value is -2.92. The molecule has 1 aromatic rings. The van der Waals surface area contributed by atoms with E-state index >= 15 is 0 Å². The van der Waals surface area contributed by atoms with E-state index in [1.54, 1.807) is 0 Å².